The molecule has 0 aromatic carbocycles. The van der Waals surface area contributed by atoms with Crippen molar-refractivity contribution >= 4 is 17.3 Å². The number of nitrogens with zero attached hydrogens (tertiary/aromatic N) is 3. The standard InChI is InChI=1S/C13H19N5O/c1-14-11-9-18-6-5-15-13(18)12(17-11)16-8-10-4-2-3-7-19-10/h5-6,9-10,14H,2-4,7-8H2,1H3,(H,16,17). The van der Waals surface area contributed by atoms with Gasteiger partial charge in [-0.15, -0.1) is 0 Å². The molecule has 2 N–H and O–H groups in total. The fraction of sp³-hybridized carbons (Fsp3) is 0.538. The Bertz CT molecular complexity index is 547. The fourth-order valence-corrected chi connectivity index (χ4v) is 2.35. The van der Waals surface area contributed by atoms with E-state index in [1.165, 1.54) is 12.8 Å². The number of imidazole rings is 1. The smallest absolute Gasteiger partial charge is 0.180 e. The van der Waals surface area contributed by atoms with Crippen LogP contribution in [0.3, 0.4) is 0 Å². The maximum atomic E-state index is 5.72. The maximum Gasteiger partial charge on any atom is 0.180 e. The van der Waals surface area contributed by atoms with Gasteiger partial charge in [0, 0.05) is 32.6 Å². The van der Waals surface area contributed by atoms with Gasteiger partial charge in [-0.05, 0) is 19.3 Å². The summed E-state index contributed by atoms with van der Waals surface area (Å²) in [5.41, 5.74) is 0.842. The Balaban J connectivity index is 1.77. The van der Waals surface area contributed by atoms with Gasteiger partial charge in [-0.3, -0.25) is 0 Å². The largest absolute Gasteiger partial charge is 0.376 e. The Morgan fingerprint density at radius 3 is 3.21 bits per heavy atom. The van der Waals surface area contributed by atoms with Gasteiger partial charge in [0.05, 0.1) is 12.3 Å². The van der Waals surface area contributed by atoms with Crippen LogP contribution in [-0.4, -0.2) is 40.7 Å². The molecule has 0 bridgehead atoms. The molecule has 6 heteroatoms. The van der Waals surface area contributed by atoms with Crippen molar-refractivity contribution in [2.75, 3.05) is 30.8 Å². The van der Waals surface area contributed by atoms with Gasteiger partial charge in [0.1, 0.15) is 5.82 Å². The van der Waals surface area contributed by atoms with E-state index >= 15 is 0 Å². The zero-order valence-corrected chi connectivity index (χ0v) is 11.1. The van der Waals surface area contributed by atoms with Gasteiger partial charge < -0.3 is 19.8 Å². The molecule has 102 valence electrons. The van der Waals surface area contributed by atoms with Crippen molar-refractivity contribution < 1.29 is 4.74 Å². The maximum absolute atomic E-state index is 5.72. The molecule has 2 aromatic heterocycles. The third-order valence-corrected chi connectivity index (χ3v) is 3.40. The first-order chi connectivity index (χ1) is 9.36. The second-order valence-electron chi connectivity index (χ2n) is 4.75. The summed E-state index contributed by atoms with van der Waals surface area (Å²) in [7, 11) is 1.86. The minimum Gasteiger partial charge on any atom is -0.376 e. The molecule has 1 fully saturated rings. The van der Waals surface area contributed by atoms with Crippen molar-refractivity contribution in [1.82, 2.24) is 14.4 Å². The van der Waals surface area contributed by atoms with Crippen LogP contribution in [0.4, 0.5) is 11.6 Å². The van der Waals surface area contributed by atoms with Crippen LogP contribution in [0.1, 0.15) is 19.3 Å². The summed E-state index contributed by atoms with van der Waals surface area (Å²) in [6.45, 7) is 1.65. The molecular weight excluding hydrogens is 242 g/mol. The number of nitrogens with one attached hydrogen (secondary N) is 2. The first-order valence-electron chi connectivity index (χ1n) is 6.74. The van der Waals surface area contributed by atoms with Crippen molar-refractivity contribution in [3.05, 3.63) is 18.6 Å². The number of fused-ring (bicyclic) bond motifs is 1. The SMILES string of the molecule is CNc1cn2ccnc2c(NCC2CCCCO2)n1. The molecule has 0 radical (unpaired) electrons. The molecule has 0 amide bonds. The minimum atomic E-state index is 0.281. The zero-order valence-electron chi connectivity index (χ0n) is 11.1. The lowest BCUT2D eigenvalue weighted by Crippen LogP contribution is -2.27. The molecule has 0 saturated carbocycles. The average Bonchev–Trinajstić information content (AvgIpc) is 2.94. The Morgan fingerprint density at radius 2 is 2.42 bits per heavy atom. The lowest BCUT2D eigenvalue weighted by molar-refractivity contribution is 0.0247. The molecule has 3 heterocycles. The highest BCUT2D eigenvalue weighted by molar-refractivity contribution is 5.65. The lowest BCUT2D eigenvalue weighted by Gasteiger charge is -2.23. The van der Waals surface area contributed by atoms with Crippen LogP contribution in [0.2, 0.25) is 0 Å². The highest BCUT2D eigenvalue weighted by atomic mass is 16.5. The molecule has 1 aliphatic heterocycles. The fourth-order valence-electron chi connectivity index (χ4n) is 2.35. The molecule has 1 aliphatic rings. The second kappa shape index (κ2) is 5.44. The number of ether oxygens (including phenoxy) is 1. The van der Waals surface area contributed by atoms with E-state index in [2.05, 4.69) is 20.6 Å². The van der Waals surface area contributed by atoms with Crippen molar-refractivity contribution in [3.8, 4) is 0 Å². The van der Waals surface area contributed by atoms with E-state index in [1.54, 1.807) is 6.20 Å². The molecule has 6 nitrogen and oxygen atoms in total. The molecule has 0 spiro atoms. The predicted molar refractivity (Wildman–Crippen MR) is 74.6 cm³/mol. The van der Waals surface area contributed by atoms with Crippen LogP contribution < -0.4 is 10.6 Å². The molecule has 1 atom stereocenters. The van der Waals surface area contributed by atoms with Gasteiger partial charge >= 0.3 is 0 Å². The summed E-state index contributed by atoms with van der Waals surface area (Å²) in [5, 5.41) is 6.42. The van der Waals surface area contributed by atoms with Gasteiger partial charge in [-0.1, -0.05) is 0 Å². The minimum absolute atomic E-state index is 0.281. The van der Waals surface area contributed by atoms with E-state index in [9.17, 15) is 0 Å². The van der Waals surface area contributed by atoms with Crippen molar-refractivity contribution in [1.29, 1.82) is 0 Å². The van der Waals surface area contributed by atoms with Crippen LogP contribution in [0.15, 0.2) is 18.6 Å². The molecule has 0 aliphatic carbocycles. The summed E-state index contributed by atoms with van der Waals surface area (Å²) in [6.07, 6.45) is 9.43. The third kappa shape index (κ3) is 2.63. The van der Waals surface area contributed by atoms with Crippen molar-refractivity contribution in [2.24, 2.45) is 0 Å². The number of anilines is 2. The predicted octanol–water partition coefficient (Wildman–Crippen LogP) is 1.75. The number of hydrogen-bond acceptors (Lipinski definition) is 5. The first kappa shape index (κ1) is 12.2. The van der Waals surface area contributed by atoms with Crippen LogP contribution >= 0.6 is 0 Å². The monoisotopic (exact) mass is 261 g/mol. The Hall–Kier alpha value is -1.82. The van der Waals surface area contributed by atoms with Gasteiger partial charge in [-0.2, -0.15) is 0 Å². The highest BCUT2D eigenvalue weighted by Crippen LogP contribution is 2.18. The summed E-state index contributed by atoms with van der Waals surface area (Å²) >= 11 is 0. The van der Waals surface area contributed by atoms with Crippen LogP contribution in [0.5, 0.6) is 0 Å². The van der Waals surface area contributed by atoms with E-state index in [0.29, 0.717) is 0 Å². The van der Waals surface area contributed by atoms with Crippen LogP contribution in [0.25, 0.3) is 5.65 Å². The second-order valence-corrected chi connectivity index (χ2v) is 4.75. The summed E-state index contributed by atoms with van der Waals surface area (Å²) in [5.74, 6) is 1.61. The topological polar surface area (TPSA) is 63.5 Å². The lowest BCUT2D eigenvalue weighted by atomic mass is 10.1. The summed E-state index contributed by atoms with van der Waals surface area (Å²) in [4.78, 5) is 8.84. The quantitative estimate of drug-likeness (QED) is 0.878. The molecule has 1 unspecified atom stereocenters. The molecule has 1 saturated heterocycles. The van der Waals surface area contributed by atoms with Crippen LogP contribution in [-0.2, 0) is 4.74 Å². The summed E-state index contributed by atoms with van der Waals surface area (Å²) < 4.78 is 7.68. The van der Waals surface area contributed by atoms with E-state index in [0.717, 1.165) is 36.9 Å². The number of rotatable bonds is 4. The van der Waals surface area contributed by atoms with Gasteiger partial charge in [0.15, 0.2) is 11.5 Å². The molecule has 3 rings (SSSR count). The van der Waals surface area contributed by atoms with Crippen LogP contribution in [0, 0.1) is 0 Å². The highest BCUT2D eigenvalue weighted by Gasteiger charge is 2.15. The van der Waals surface area contributed by atoms with Crippen molar-refractivity contribution in [3.63, 3.8) is 0 Å². The van der Waals surface area contributed by atoms with Gasteiger partial charge in [0.2, 0.25) is 0 Å². The Morgan fingerprint density at radius 1 is 1.47 bits per heavy atom. The van der Waals surface area contributed by atoms with E-state index in [1.807, 2.05) is 23.8 Å². The Labute approximate surface area is 112 Å². The number of hydrogen-bond donors (Lipinski definition) is 2. The Kier molecular flexibility index (Phi) is 3.50. The normalized spacial score (nSPS) is 19.5. The molecule has 19 heavy (non-hydrogen) atoms. The first-order valence-corrected chi connectivity index (χ1v) is 6.74. The molecule has 2 aromatic rings. The molecular formula is C13H19N5O. The zero-order chi connectivity index (χ0) is 13.1. The number of aromatic nitrogens is 3. The van der Waals surface area contributed by atoms with Gasteiger partial charge in [-0.25, -0.2) is 9.97 Å². The average molecular weight is 261 g/mol. The van der Waals surface area contributed by atoms with Gasteiger partial charge in [0.25, 0.3) is 0 Å². The van der Waals surface area contributed by atoms with E-state index in [-0.39, 0.29) is 6.10 Å². The van der Waals surface area contributed by atoms with E-state index < -0.39 is 0 Å². The summed E-state index contributed by atoms with van der Waals surface area (Å²) in [6, 6.07) is 0. The van der Waals surface area contributed by atoms with Crippen molar-refractivity contribution in [2.45, 2.75) is 25.4 Å². The van der Waals surface area contributed by atoms with E-state index in [4.69, 9.17) is 4.74 Å². The third-order valence-electron chi connectivity index (χ3n) is 3.40.